The van der Waals surface area contributed by atoms with Gasteiger partial charge in [0.2, 0.25) is 0 Å². The maximum Gasteiger partial charge on any atom is 0.338 e. The Morgan fingerprint density at radius 3 is 2.60 bits per heavy atom. The Bertz CT molecular complexity index is 1680. The predicted octanol–water partition coefficient (Wildman–Crippen LogP) is 7.31. The van der Waals surface area contributed by atoms with Crippen LogP contribution < -0.4 is 9.64 Å². The lowest BCUT2D eigenvalue weighted by Gasteiger charge is -2.31. The molecule has 3 saturated carbocycles. The minimum absolute atomic E-state index is 0.164. The molecule has 218 valence electrons. The highest BCUT2D eigenvalue weighted by Crippen LogP contribution is 2.47. The Labute approximate surface area is 257 Å². The van der Waals surface area contributed by atoms with Gasteiger partial charge >= 0.3 is 5.97 Å². The van der Waals surface area contributed by atoms with Crippen molar-refractivity contribution in [3.05, 3.63) is 57.8 Å². The molecule has 0 N–H and O–H groups in total. The lowest BCUT2D eigenvalue weighted by molar-refractivity contribution is 0.00958. The van der Waals surface area contributed by atoms with Gasteiger partial charge in [0.05, 0.1) is 64.2 Å². The molecule has 3 atom stereocenters. The van der Waals surface area contributed by atoms with E-state index in [0.717, 1.165) is 77.2 Å². The first-order valence-corrected chi connectivity index (χ1v) is 16.1. The molecule has 1 saturated heterocycles. The number of thiazole rings is 1. The fraction of sp³-hybridized carbons (Fsp3) is 0.452. The average Bonchev–Trinajstić information content (AvgIpc) is 3.81. The minimum Gasteiger partial charge on any atom is -0.488 e. The number of benzene rings is 2. The van der Waals surface area contributed by atoms with Crippen LogP contribution in [0.4, 0.5) is 5.13 Å². The van der Waals surface area contributed by atoms with Gasteiger partial charge in [0, 0.05) is 29.6 Å². The van der Waals surface area contributed by atoms with Crippen LogP contribution in [0.25, 0.3) is 21.3 Å². The monoisotopic (exact) mass is 624 g/mol. The molecular weight excluding hydrogens is 595 g/mol. The average molecular weight is 626 g/mol. The number of esters is 1. The summed E-state index contributed by atoms with van der Waals surface area (Å²) in [5.41, 5.74) is 4.14. The third-order valence-corrected chi connectivity index (χ3v) is 10.5. The third kappa shape index (κ3) is 4.75. The minimum atomic E-state index is -0.365. The first-order chi connectivity index (χ1) is 20.5. The van der Waals surface area contributed by atoms with E-state index in [2.05, 4.69) is 9.58 Å². The van der Waals surface area contributed by atoms with Crippen molar-refractivity contribution >= 4 is 55.9 Å². The van der Waals surface area contributed by atoms with Crippen LogP contribution in [-0.4, -0.2) is 52.6 Å². The van der Waals surface area contributed by atoms with Gasteiger partial charge in [-0.1, -0.05) is 40.6 Å². The highest BCUT2D eigenvalue weighted by atomic mass is 35.5. The van der Waals surface area contributed by atoms with Crippen molar-refractivity contribution in [1.29, 1.82) is 0 Å². The number of aromatic nitrogens is 3. The Hall–Kier alpha value is -2.85. The SMILES string of the molecule is COC(=O)c1cc(OC2CC2)c2nc(N3C[C@@H]4C[C@H]3C[C@H]4OCc3c(-c4c(Cl)cccc4Cl)cnn3C3CC3)sc2c1. The molecule has 0 unspecified atom stereocenters. The highest BCUT2D eigenvalue weighted by Gasteiger charge is 2.46. The summed E-state index contributed by atoms with van der Waals surface area (Å²) in [6, 6.07) is 10.0. The highest BCUT2D eigenvalue weighted by molar-refractivity contribution is 7.22. The van der Waals surface area contributed by atoms with E-state index < -0.39 is 0 Å². The summed E-state index contributed by atoms with van der Waals surface area (Å²) in [5, 5.41) is 6.93. The summed E-state index contributed by atoms with van der Waals surface area (Å²) in [4.78, 5) is 19.8. The van der Waals surface area contributed by atoms with Gasteiger partial charge in [-0.25, -0.2) is 9.78 Å². The molecular formula is C31H30Cl2N4O4S. The first kappa shape index (κ1) is 26.8. The zero-order valence-electron chi connectivity index (χ0n) is 23.1. The molecule has 11 heteroatoms. The van der Waals surface area contributed by atoms with Crippen LogP contribution in [0.2, 0.25) is 10.0 Å². The van der Waals surface area contributed by atoms with Crippen molar-refractivity contribution in [2.45, 2.75) is 69.4 Å². The van der Waals surface area contributed by atoms with Crippen LogP contribution in [0.1, 0.15) is 60.6 Å². The maximum atomic E-state index is 12.3. The molecule has 8 rings (SSSR count). The molecule has 0 radical (unpaired) electrons. The maximum absolute atomic E-state index is 12.3. The molecule has 2 aromatic heterocycles. The van der Waals surface area contributed by atoms with Gasteiger partial charge in [-0.05, 0) is 62.8 Å². The Morgan fingerprint density at radius 1 is 1.10 bits per heavy atom. The molecule has 3 aliphatic carbocycles. The summed E-state index contributed by atoms with van der Waals surface area (Å²) >= 11 is 14.8. The number of anilines is 1. The molecule has 0 spiro atoms. The third-order valence-electron chi connectivity index (χ3n) is 8.87. The van der Waals surface area contributed by atoms with Gasteiger partial charge in [-0.2, -0.15) is 5.10 Å². The molecule has 0 amide bonds. The number of halogens is 2. The molecule has 2 aromatic carbocycles. The summed E-state index contributed by atoms with van der Waals surface area (Å²) < 4.78 is 20.8. The van der Waals surface area contributed by atoms with E-state index in [1.54, 1.807) is 17.4 Å². The number of methoxy groups -OCH3 is 1. The van der Waals surface area contributed by atoms with E-state index in [-0.39, 0.29) is 18.2 Å². The number of hydrogen-bond acceptors (Lipinski definition) is 8. The van der Waals surface area contributed by atoms with Crippen LogP contribution in [0.3, 0.4) is 0 Å². The van der Waals surface area contributed by atoms with Crippen molar-refractivity contribution in [2.24, 2.45) is 5.92 Å². The van der Waals surface area contributed by atoms with Gasteiger partial charge in [0.15, 0.2) is 5.13 Å². The van der Waals surface area contributed by atoms with Gasteiger partial charge in [-0.3, -0.25) is 4.68 Å². The molecule has 4 fully saturated rings. The number of nitrogens with zero attached hydrogens (tertiary/aromatic N) is 4. The van der Waals surface area contributed by atoms with Crippen molar-refractivity contribution in [3.8, 4) is 16.9 Å². The lowest BCUT2D eigenvalue weighted by atomic mass is 10.0. The van der Waals surface area contributed by atoms with Gasteiger partial charge in [0.25, 0.3) is 0 Å². The molecule has 8 nitrogen and oxygen atoms in total. The fourth-order valence-corrected chi connectivity index (χ4v) is 8.17. The standard InChI is InChI=1S/C31H30Cl2N4O4S/c1-39-30(38)16-10-26(41-20-7-8-20)29-27(11-16)42-31(35-29)36-14-17-9-19(36)12-25(17)40-15-24-21(13-34-37(24)18-5-6-18)28-22(32)3-2-4-23(28)33/h2-4,10-11,13,17-20,25H,5-9,12,14-15H2,1H3/t17-,19-,25+/m0/s1. The predicted molar refractivity (Wildman–Crippen MR) is 163 cm³/mol. The van der Waals surface area contributed by atoms with E-state index in [1.165, 1.54) is 7.11 Å². The largest absolute Gasteiger partial charge is 0.488 e. The second kappa shape index (κ2) is 10.4. The molecule has 2 bridgehead atoms. The van der Waals surface area contributed by atoms with Gasteiger partial charge in [0.1, 0.15) is 11.3 Å². The van der Waals surface area contributed by atoms with Crippen molar-refractivity contribution in [2.75, 3.05) is 18.6 Å². The van der Waals surface area contributed by atoms with Crippen molar-refractivity contribution in [3.63, 3.8) is 0 Å². The summed E-state index contributed by atoms with van der Waals surface area (Å²) in [6.45, 7) is 1.36. The van der Waals surface area contributed by atoms with E-state index in [1.807, 2.05) is 30.5 Å². The number of fused-ring (bicyclic) bond motifs is 3. The van der Waals surface area contributed by atoms with Crippen LogP contribution in [-0.2, 0) is 16.1 Å². The first-order valence-electron chi connectivity index (χ1n) is 14.6. The van der Waals surface area contributed by atoms with Crippen molar-refractivity contribution < 1.29 is 19.0 Å². The molecule has 4 aromatic rings. The zero-order valence-corrected chi connectivity index (χ0v) is 25.4. The van der Waals surface area contributed by atoms with Crippen LogP contribution in [0.15, 0.2) is 36.5 Å². The van der Waals surface area contributed by atoms with Gasteiger partial charge < -0.3 is 19.1 Å². The Kier molecular flexibility index (Phi) is 6.63. The van der Waals surface area contributed by atoms with E-state index in [9.17, 15) is 4.79 Å². The number of hydrogen-bond donors (Lipinski definition) is 0. The van der Waals surface area contributed by atoms with Crippen LogP contribution in [0.5, 0.6) is 5.75 Å². The van der Waals surface area contributed by atoms with E-state index >= 15 is 0 Å². The summed E-state index contributed by atoms with van der Waals surface area (Å²) in [6.07, 6.45) is 8.60. The fourth-order valence-electron chi connectivity index (χ4n) is 6.46. The van der Waals surface area contributed by atoms with Crippen LogP contribution in [0, 0.1) is 5.92 Å². The Morgan fingerprint density at radius 2 is 1.90 bits per heavy atom. The topological polar surface area (TPSA) is 78.7 Å². The van der Waals surface area contributed by atoms with E-state index in [4.69, 9.17) is 47.5 Å². The molecule has 1 aliphatic heterocycles. The zero-order chi connectivity index (χ0) is 28.5. The number of carbonyl (C=O) groups is 1. The number of piperidine rings is 1. The van der Waals surface area contributed by atoms with E-state index in [0.29, 0.717) is 46.0 Å². The molecule has 3 heterocycles. The number of rotatable bonds is 9. The second-order valence-electron chi connectivity index (χ2n) is 11.8. The van der Waals surface area contributed by atoms with Crippen molar-refractivity contribution in [1.82, 2.24) is 14.8 Å². The smallest absolute Gasteiger partial charge is 0.338 e. The number of ether oxygens (including phenoxy) is 3. The van der Waals surface area contributed by atoms with Crippen LogP contribution >= 0.6 is 34.5 Å². The number of carbonyl (C=O) groups excluding carboxylic acids is 1. The summed E-state index contributed by atoms with van der Waals surface area (Å²) in [5.74, 6) is 0.723. The quantitative estimate of drug-likeness (QED) is 0.181. The Balaban J connectivity index is 1.01. The lowest BCUT2D eigenvalue weighted by Crippen LogP contribution is -2.38. The molecule has 42 heavy (non-hydrogen) atoms. The second-order valence-corrected chi connectivity index (χ2v) is 13.6. The summed E-state index contributed by atoms with van der Waals surface area (Å²) in [7, 11) is 1.40. The normalized spacial score (nSPS) is 23.2. The molecule has 4 aliphatic rings. The van der Waals surface area contributed by atoms with Gasteiger partial charge in [-0.15, -0.1) is 0 Å².